The van der Waals surface area contributed by atoms with Crippen molar-refractivity contribution in [3.63, 3.8) is 0 Å². The number of nitrogens with zero attached hydrogens (tertiary/aromatic N) is 1. The highest BCUT2D eigenvalue weighted by Gasteiger charge is 2.13. The number of benzene rings is 2. The standard InChI is InChI=1S/C26H32N4O3/c1-19(32-2)10-15-24(33-18-21-7-4-3-5-8-21)29-17-20-11-13-22(14-12-20)26(31)30-23-9-6-16-28-25(23)27/h3-9,11-14,16,19,24,29H,10,15,17-18H2,1-2H3,(H2,27,28)(H,30,31). The molecule has 1 aromatic heterocycles. The Balaban J connectivity index is 1.55. The minimum Gasteiger partial charge on any atom is -0.382 e. The maximum Gasteiger partial charge on any atom is 0.255 e. The molecular formula is C26H32N4O3. The maximum atomic E-state index is 12.5. The van der Waals surface area contributed by atoms with E-state index in [-0.39, 0.29) is 24.1 Å². The molecule has 0 aliphatic heterocycles. The number of hydrogen-bond acceptors (Lipinski definition) is 6. The molecule has 1 amide bonds. The summed E-state index contributed by atoms with van der Waals surface area (Å²) >= 11 is 0. The second-order valence-corrected chi connectivity index (χ2v) is 7.88. The Kier molecular flexibility index (Phi) is 9.38. The van der Waals surface area contributed by atoms with Crippen molar-refractivity contribution in [3.05, 3.63) is 89.6 Å². The number of hydrogen-bond donors (Lipinski definition) is 3. The molecule has 0 radical (unpaired) electrons. The first kappa shape index (κ1) is 24.4. The van der Waals surface area contributed by atoms with Crippen LogP contribution in [0.2, 0.25) is 0 Å². The van der Waals surface area contributed by atoms with E-state index in [2.05, 4.69) is 34.7 Å². The summed E-state index contributed by atoms with van der Waals surface area (Å²) < 4.78 is 11.5. The fourth-order valence-electron chi connectivity index (χ4n) is 3.24. The number of nitrogens with one attached hydrogen (secondary N) is 2. The van der Waals surface area contributed by atoms with Crippen molar-refractivity contribution in [2.75, 3.05) is 18.2 Å². The number of carbonyl (C=O) groups excluding carboxylic acids is 1. The number of rotatable bonds is 12. The van der Waals surface area contributed by atoms with Crippen molar-refractivity contribution < 1.29 is 14.3 Å². The maximum absolute atomic E-state index is 12.5. The van der Waals surface area contributed by atoms with Crippen LogP contribution in [0.5, 0.6) is 0 Å². The van der Waals surface area contributed by atoms with E-state index in [4.69, 9.17) is 15.2 Å². The van der Waals surface area contributed by atoms with Gasteiger partial charge in [-0.1, -0.05) is 42.5 Å². The smallest absolute Gasteiger partial charge is 0.255 e. The van der Waals surface area contributed by atoms with Crippen molar-refractivity contribution in [2.45, 2.75) is 45.2 Å². The van der Waals surface area contributed by atoms with Gasteiger partial charge in [0.05, 0.1) is 18.4 Å². The van der Waals surface area contributed by atoms with Crippen LogP contribution in [0.1, 0.15) is 41.3 Å². The average Bonchev–Trinajstić information content (AvgIpc) is 2.85. The zero-order chi connectivity index (χ0) is 23.5. The highest BCUT2D eigenvalue weighted by Crippen LogP contribution is 2.16. The molecule has 33 heavy (non-hydrogen) atoms. The number of aromatic nitrogens is 1. The van der Waals surface area contributed by atoms with Crippen molar-refractivity contribution in [2.24, 2.45) is 0 Å². The van der Waals surface area contributed by atoms with Gasteiger partial charge in [0.25, 0.3) is 5.91 Å². The number of anilines is 2. The summed E-state index contributed by atoms with van der Waals surface area (Å²) in [4.78, 5) is 16.5. The first-order valence-corrected chi connectivity index (χ1v) is 11.1. The number of ether oxygens (including phenoxy) is 2. The minimum absolute atomic E-state index is 0.112. The highest BCUT2D eigenvalue weighted by molar-refractivity contribution is 6.05. The fourth-order valence-corrected chi connectivity index (χ4v) is 3.24. The van der Waals surface area contributed by atoms with Gasteiger partial charge in [-0.05, 0) is 55.2 Å². The second-order valence-electron chi connectivity index (χ2n) is 7.88. The lowest BCUT2D eigenvalue weighted by Gasteiger charge is -2.21. The van der Waals surface area contributed by atoms with Crippen LogP contribution in [0.15, 0.2) is 72.9 Å². The molecule has 7 heteroatoms. The van der Waals surface area contributed by atoms with Crippen LogP contribution >= 0.6 is 0 Å². The van der Waals surface area contributed by atoms with Crippen molar-refractivity contribution >= 4 is 17.4 Å². The van der Waals surface area contributed by atoms with E-state index >= 15 is 0 Å². The van der Waals surface area contributed by atoms with Crippen molar-refractivity contribution in [1.29, 1.82) is 0 Å². The van der Waals surface area contributed by atoms with Gasteiger partial charge < -0.3 is 20.5 Å². The van der Waals surface area contributed by atoms with Gasteiger partial charge in [-0.3, -0.25) is 10.1 Å². The summed E-state index contributed by atoms with van der Waals surface area (Å²) in [5, 5.41) is 6.27. The molecule has 3 rings (SSSR count). The van der Waals surface area contributed by atoms with Crippen LogP contribution < -0.4 is 16.4 Å². The Bertz CT molecular complexity index is 996. The van der Waals surface area contributed by atoms with E-state index in [1.165, 1.54) is 0 Å². The Labute approximate surface area is 195 Å². The molecular weight excluding hydrogens is 416 g/mol. The van der Waals surface area contributed by atoms with Crippen LogP contribution in [-0.2, 0) is 22.6 Å². The zero-order valence-corrected chi connectivity index (χ0v) is 19.2. The predicted octanol–water partition coefficient (Wildman–Crippen LogP) is 4.36. The minimum atomic E-state index is -0.230. The van der Waals surface area contributed by atoms with Gasteiger partial charge in [-0.2, -0.15) is 0 Å². The number of nitrogen functional groups attached to an aromatic ring is 1. The van der Waals surface area contributed by atoms with Crippen LogP contribution in [0.4, 0.5) is 11.5 Å². The molecule has 2 aromatic carbocycles. The highest BCUT2D eigenvalue weighted by atomic mass is 16.5. The Morgan fingerprint density at radius 1 is 1.00 bits per heavy atom. The second kappa shape index (κ2) is 12.7. The molecule has 4 N–H and O–H groups in total. The van der Waals surface area contributed by atoms with E-state index in [9.17, 15) is 4.79 Å². The summed E-state index contributed by atoms with van der Waals surface area (Å²) in [6.07, 6.45) is 3.36. The molecule has 0 aliphatic rings. The summed E-state index contributed by atoms with van der Waals surface area (Å²) in [6, 6.07) is 21.0. The van der Waals surface area contributed by atoms with Gasteiger partial charge in [-0.15, -0.1) is 0 Å². The first-order valence-electron chi connectivity index (χ1n) is 11.1. The van der Waals surface area contributed by atoms with E-state index in [0.717, 1.165) is 24.0 Å². The quantitative estimate of drug-likeness (QED) is 0.356. The van der Waals surface area contributed by atoms with E-state index < -0.39 is 0 Å². The van der Waals surface area contributed by atoms with Crippen LogP contribution in [-0.4, -0.2) is 30.3 Å². The van der Waals surface area contributed by atoms with Gasteiger partial charge in [-0.25, -0.2) is 4.98 Å². The third kappa shape index (κ3) is 7.98. The number of carbonyl (C=O) groups is 1. The lowest BCUT2D eigenvalue weighted by Crippen LogP contribution is -2.32. The molecule has 0 saturated heterocycles. The first-order chi connectivity index (χ1) is 16.0. The molecule has 7 nitrogen and oxygen atoms in total. The lowest BCUT2D eigenvalue weighted by atomic mass is 10.1. The topological polar surface area (TPSA) is 98.5 Å². The molecule has 2 atom stereocenters. The van der Waals surface area contributed by atoms with Gasteiger partial charge in [0.15, 0.2) is 0 Å². The third-order valence-electron chi connectivity index (χ3n) is 5.37. The Morgan fingerprint density at radius 2 is 1.76 bits per heavy atom. The number of nitrogens with two attached hydrogens (primary N) is 1. The molecule has 174 valence electrons. The summed E-state index contributed by atoms with van der Waals surface area (Å²) in [6.45, 7) is 3.21. The number of methoxy groups -OCH3 is 1. The molecule has 2 unspecified atom stereocenters. The predicted molar refractivity (Wildman–Crippen MR) is 131 cm³/mol. The molecule has 1 heterocycles. The van der Waals surface area contributed by atoms with Crippen LogP contribution in [0.25, 0.3) is 0 Å². The SMILES string of the molecule is COC(C)CCC(NCc1ccc(C(=O)Nc2cccnc2N)cc1)OCc1ccccc1. The zero-order valence-electron chi connectivity index (χ0n) is 19.2. The normalized spacial score (nSPS) is 12.8. The molecule has 0 spiro atoms. The van der Waals surface area contributed by atoms with Gasteiger partial charge in [0.1, 0.15) is 12.0 Å². The van der Waals surface area contributed by atoms with Gasteiger partial charge in [0, 0.05) is 25.4 Å². The van der Waals surface area contributed by atoms with Crippen molar-refractivity contribution in [1.82, 2.24) is 10.3 Å². The number of pyridine rings is 1. The fraction of sp³-hybridized carbons (Fsp3) is 0.308. The van der Waals surface area contributed by atoms with Gasteiger partial charge >= 0.3 is 0 Å². The van der Waals surface area contributed by atoms with Crippen molar-refractivity contribution in [3.8, 4) is 0 Å². The van der Waals surface area contributed by atoms with E-state index in [0.29, 0.717) is 24.4 Å². The lowest BCUT2D eigenvalue weighted by molar-refractivity contribution is -0.00116. The molecule has 0 aliphatic carbocycles. The van der Waals surface area contributed by atoms with Crippen LogP contribution in [0.3, 0.4) is 0 Å². The molecule has 0 bridgehead atoms. The third-order valence-corrected chi connectivity index (χ3v) is 5.37. The summed E-state index contributed by atoms with van der Waals surface area (Å²) in [7, 11) is 1.72. The largest absolute Gasteiger partial charge is 0.382 e. The van der Waals surface area contributed by atoms with Gasteiger partial charge in [0.2, 0.25) is 0 Å². The average molecular weight is 449 g/mol. The van der Waals surface area contributed by atoms with Crippen LogP contribution in [0, 0.1) is 0 Å². The Hall–Kier alpha value is -3.26. The summed E-state index contributed by atoms with van der Waals surface area (Å²) in [5.74, 6) is 0.0582. The van der Waals surface area contributed by atoms with E-state index in [1.807, 2.05) is 30.3 Å². The monoisotopic (exact) mass is 448 g/mol. The molecule has 3 aromatic rings. The Morgan fingerprint density at radius 3 is 2.45 bits per heavy atom. The summed E-state index contributed by atoms with van der Waals surface area (Å²) in [5.41, 5.74) is 9.03. The molecule has 0 saturated carbocycles. The molecule has 0 fully saturated rings. The van der Waals surface area contributed by atoms with E-state index in [1.54, 1.807) is 37.6 Å². The number of amides is 1.